The standard InChI is InChI=1S/C23H29N3O/c1-16-14-15-25(20-12-6-5-10-18(16)20)23(27)22-19-11-7-13-21(19)26(24-22)17-8-3-2-4-9-17/h2-4,8-9,16,18,20H,5-7,10-15H2,1H3. The normalized spacial score (nSPS) is 27.3. The van der Waals surface area contributed by atoms with Crippen LogP contribution in [0.2, 0.25) is 0 Å². The maximum absolute atomic E-state index is 13.6. The van der Waals surface area contributed by atoms with E-state index in [0.717, 1.165) is 49.5 Å². The van der Waals surface area contributed by atoms with Gasteiger partial charge in [0, 0.05) is 23.8 Å². The lowest BCUT2D eigenvalue weighted by atomic mass is 9.72. The average Bonchev–Trinajstić information content (AvgIpc) is 3.31. The van der Waals surface area contributed by atoms with Crippen LogP contribution < -0.4 is 0 Å². The van der Waals surface area contributed by atoms with Crippen LogP contribution in [0.4, 0.5) is 0 Å². The highest BCUT2D eigenvalue weighted by Gasteiger charge is 2.41. The van der Waals surface area contributed by atoms with Crippen molar-refractivity contribution in [3.63, 3.8) is 0 Å². The van der Waals surface area contributed by atoms with Crippen LogP contribution in [0.3, 0.4) is 0 Å². The summed E-state index contributed by atoms with van der Waals surface area (Å²) in [4.78, 5) is 15.8. The van der Waals surface area contributed by atoms with Gasteiger partial charge >= 0.3 is 0 Å². The molecule has 2 aliphatic carbocycles. The number of piperidine rings is 1. The zero-order chi connectivity index (χ0) is 18.4. The minimum atomic E-state index is 0.187. The van der Waals surface area contributed by atoms with Crippen LogP contribution in [0.15, 0.2) is 30.3 Å². The molecular formula is C23H29N3O. The third-order valence-corrected chi connectivity index (χ3v) is 7.13. The first kappa shape index (κ1) is 17.0. The number of likely N-dealkylation sites (tertiary alicyclic amines) is 1. The summed E-state index contributed by atoms with van der Waals surface area (Å²) in [5.41, 5.74) is 4.24. The minimum Gasteiger partial charge on any atom is -0.334 e. The van der Waals surface area contributed by atoms with Crippen molar-refractivity contribution in [2.24, 2.45) is 11.8 Å². The molecule has 2 aromatic rings. The van der Waals surface area contributed by atoms with E-state index in [1.165, 1.54) is 36.9 Å². The van der Waals surface area contributed by atoms with Crippen LogP contribution in [0.5, 0.6) is 0 Å². The summed E-state index contributed by atoms with van der Waals surface area (Å²) in [5.74, 6) is 1.61. The van der Waals surface area contributed by atoms with Crippen LogP contribution in [0.25, 0.3) is 5.69 Å². The fourth-order valence-electron chi connectivity index (χ4n) is 5.69. The summed E-state index contributed by atoms with van der Waals surface area (Å²) in [6.07, 6.45) is 9.31. The second kappa shape index (κ2) is 6.81. The van der Waals surface area contributed by atoms with Gasteiger partial charge in [-0.3, -0.25) is 4.79 Å². The summed E-state index contributed by atoms with van der Waals surface area (Å²) < 4.78 is 2.03. The van der Waals surface area contributed by atoms with Crippen LogP contribution in [0.1, 0.15) is 67.2 Å². The molecule has 5 rings (SSSR count). The zero-order valence-electron chi connectivity index (χ0n) is 16.2. The molecule has 3 unspecified atom stereocenters. The number of nitrogens with zero attached hydrogens (tertiary/aromatic N) is 3. The number of carbonyl (C=O) groups is 1. The fraction of sp³-hybridized carbons (Fsp3) is 0.565. The quantitative estimate of drug-likeness (QED) is 0.793. The molecule has 1 aliphatic heterocycles. The van der Waals surface area contributed by atoms with Crippen molar-refractivity contribution in [3.8, 4) is 5.69 Å². The van der Waals surface area contributed by atoms with E-state index < -0.39 is 0 Å². The van der Waals surface area contributed by atoms with Gasteiger partial charge in [0.1, 0.15) is 0 Å². The predicted molar refractivity (Wildman–Crippen MR) is 106 cm³/mol. The Morgan fingerprint density at radius 3 is 2.70 bits per heavy atom. The summed E-state index contributed by atoms with van der Waals surface area (Å²) in [7, 11) is 0. The number of hydrogen-bond donors (Lipinski definition) is 0. The van der Waals surface area contributed by atoms with Gasteiger partial charge in [-0.15, -0.1) is 0 Å². The molecule has 3 atom stereocenters. The van der Waals surface area contributed by atoms with Crippen molar-refractivity contribution in [1.82, 2.24) is 14.7 Å². The summed E-state index contributed by atoms with van der Waals surface area (Å²) >= 11 is 0. The van der Waals surface area contributed by atoms with Gasteiger partial charge in [-0.25, -0.2) is 4.68 Å². The Hall–Kier alpha value is -2.10. The lowest BCUT2D eigenvalue weighted by molar-refractivity contribution is 0.0212. The molecule has 4 nitrogen and oxygen atoms in total. The van der Waals surface area contributed by atoms with E-state index in [-0.39, 0.29) is 5.91 Å². The van der Waals surface area contributed by atoms with Crippen LogP contribution in [-0.2, 0) is 12.8 Å². The molecule has 0 bridgehead atoms. The van der Waals surface area contributed by atoms with E-state index in [1.54, 1.807) is 0 Å². The van der Waals surface area contributed by atoms with Crippen molar-refractivity contribution in [2.75, 3.05) is 6.54 Å². The highest BCUT2D eigenvalue weighted by Crippen LogP contribution is 2.40. The van der Waals surface area contributed by atoms with Crippen molar-refractivity contribution < 1.29 is 4.79 Å². The lowest BCUT2D eigenvalue weighted by Gasteiger charge is -2.47. The Labute approximate surface area is 161 Å². The van der Waals surface area contributed by atoms with E-state index >= 15 is 0 Å². The van der Waals surface area contributed by atoms with Crippen molar-refractivity contribution in [3.05, 3.63) is 47.3 Å². The largest absolute Gasteiger partial charge is 0.334 e. The van der Waals surface area contributed by atoms with Crippen LogP contribution >= 0.6 is 0 Å². The lowest BCUT2D eigenvalue weighted by Crippen LogP contribution is -2.52. The molecule has 1 aromatic heterocycles. The topological polar surface area (TPSA) is 38.1 Å². The molecule has 1 saturated carbocycles. The molecule has 3 aliphatic rings. The number of fused-ring (bicyclic) bond motifs is 2. The molecule has 0 radical (unpaired) electrons. The zero-order valence-corrected chi connectivity index (χ0v) is 16.2. The Balaban J connectivity index is 1.50. The van der Waals surface area contributed by atoms with Gasteiger partial charge in [0.25, 0.3) is 5.91 Å². The summed E-state index contributed by atoms with van der Waals surface area (Å²) in [5, 5.41) is 4.86. The maximum atomic E-state index is 13.6. The highest BCUT2D eigenvalue weighted by atomic mass is 16.2. The van der Waals surface area contributed by atoms with Crippen LogP contribution in [0, 0.1) is 11.8 Å². The minimum absolute atomic E-state index is 0.187. The molecule has 4 heteroatoms. The van der Waals surface area contributed by atoms with Crippen molar-refractivity contribution in [1.29, 1.82) is 0 Å². The van der Waals surface area contributed by atoms with Crippen LogP contribution in [-0.4, -0.2) is 33.2 Å². The Bertz CT molecular complexity index is 841. The number of rotatable bonds is 2. The monoisotopic (exact) mass is 363 g/mol. The third-order valence-electron chi connectivity index (χ3n) is 7.13. The number of carbonyl (C=O) groups excluding carboxylic acids is 1. The van der Waals surface area contributed by atoms with E-state index in [4.69, 9.17) is 5.10 Å². The molecule has 1 saturated heterocycles. The number of aromatic nitrogens is 2. The van der Waals surface area contributed by atoms with E-state index in [0.29, 0.717) is 12.0 Å². The van der Waals surface area contributed by atoms with E-state index in [1.807, 2.05) is 22.9 Å². The maximum Gasteiger partial charge on any atom is 0.274 e. The second-order valence-corrected chi connectivity index (χ2v) is 8.65. The number of benzene rings is 1. The molecule has 27 heavy (non-hydrogen) atoms. The molecule has 1 amide bonds. The molecule has 0 spiro atoms. The van der Waals surface area contributed by atoms with Gasteiger partial charge in [-0.2, -0.15) is 5.10 Å². The first-order valence-electron chi connectivity index (χ1n) is 10.7. The number of amides is 1. The number of para-hydroxylation sites is 1. The molecule has 0 N–H and O–H groups in total. The summed E-state index contributed by atoms with van der Waals surface area (Å²) in [6.45, 7) is 3.28. The Morgan fingerprint density at radius 2 is 1.85 bits per heavy atom. The van der Waals surface area contributed by atoms with E-state index in [9.17, 15) is 4.79 Å². The Kier molecular flexibility index (Phi) is 4.30. The first-order valence-corrected chi connectivity index (χ1v) is 10.7. The van der Waals surface area contributed by atoms with Gasteiger partial charge in [-0.1, -0.05) is 38.0 Å². The Morgan fingerprint density at radius 1 is 1.04 bits per heavy atom. The first-order chi connectivity index (χ1) is 13.2. The van der Waals surface area contributed by atoms with Crippen molar-refractivity contribution >= 4 is 5.91 Å². The number of hydrogen-bond acceptors (Lipinski definition) is 2. The van der Waals surface area contributed by atoms with Gasteiger partial charge in [0.05, 0.1) is 5.69 Å². The van der Waals surface area contributed by atoms with Gasteiger partial charge < -0.3 is 4.90 Å². The predicted octanol–water partition coefficient (Wildman–Crippen LogP) is 4.40. The molecule has 142 valence electrons. The van der Waals surface area contributed by atoms with Gasteiger partial charge in [0.15, 0.2) is 5.69 Å². The SMILES string of the molecule is CC1CCN(C(=O)c2nn(-c3ccccc3)c3c2CCC3)C2CCCCC12. The smallest absolute Gasteiger partial charge is 0.274 e. The second-order valence-electron chi connectivity index (χ2n) is 8.65. The molecular weight excluding hydrogens is 334 g/mol. The van der Waals surface area contributed by atoms with E-state index in [2.05, 4.69) is 24.0 Å². The van der Waals surface area contributed by atoms with Gasteiger partial charge in [-0.05, 0) is 62.5 Å². The average molecular weight is 364 g/mol. The molecule has 2 fully saturated rings. The highest BCUT2D eigenvalue weighted by molar-refractivity contribution is 5.94. The summed E-state index contributed by atoms with van der Waals surface area (Å²) in [6, 6.07) is 10.7. The van der Waals surface area contributed by atoms with Crippen molar-refractivity contribution in [2.45, 2.75) is 64.3 Å². The fourth-order valence-corrected chi connectivity index (χ4v) is 5.69. The molecule has 2 heterocycles. The van der Waals surface area contributed by atoms with Gasteiger partial charge in [0.2, 0.25) is 0 Å². The molecule has 1 aromatic carbocycles. The third kappa shape index (κ3) is 2.81.